The molecule has 1 aromatic rings. The van der Waals surface area contributed by atoms with Gasteiger partial charge >= 0.3 is 12.1 Å². The summed E-state index contributed by atoms with van der Waals surface area (Å²) in [7, 11) is 0. The Morgan fingerprint density at radius 2 is 1.91 bits per heavy atom. The van der Waals surface area contributed by atoms with E-state index in [1.54, 1.807) is 18.2 Å². The van der Waals surface area contributed by atoms with E-state index in [-0.39, 0.29) is 17.6 Å². The lowest BCUT2D eigenvalue weighted by Gasteiger charge is -2.37. The Morgan fingerprint density at radius 1 is 1.23 bits per heavy atom. The van der Waals surface area contributed by atoms with Crippen LogP contribution in [-0.4, -0.2) is 34.9 Å². The fourth-order valence-corrected chi connectivity index (χ4v) is 2.31. The second kappa shape index (κ2) is 6.25. The van der Waals surface area contributed by atoms with E-state index in [0.717, 1.165) is 18.5 Å². The number of nitrogens with one attached hydrogen (secondary N) is 2. The molecule has 2 rings (SSSR count). The molecule has 1 saturated carbocycles. The molecule has 1 aliphatic rings. The lowest BCUT2D eigenvalue weighted by atomic mass is 9.86. The van der Waals surface area contributed by atoms with Gasteiger partial charge in [0.15, 0.2) is 0 Å². The topological polar surface area (TPSA) is 87.7 Å². The van der Waals surface area contributed by atoms with Gasteiger partial charge in [0.05, 0.1) is 5.56 Å². The van der Waals surface area contributed by atoms with Crippen LogP contribution in [0.5, 0.6) is 0 Å². The second-order valence-corrected chi connectivity index (χ2v) is 6.54. The number of amides is 1. The molecular formula is C16H22N2O4. The Labute approximate surface area is 129 Å². The molecule has 6 heteroatoms. The first-order valence-electron chi connectivity index (χ1n) is 7.32. The number of alkyl carbamates (subject to hydrolysis) is 1. The molecule has 6 nitrogen and oxygen atoms in total. The molecule has 1 fully saturated rings. The molecule has 1 aromatic carbocycles. The van der Waals surface area contributed by atoms with Gasteiger partial charge in [-0.2, -0.15) is 0 Å². The average molecular weight is 306 g/mol. The molecule has 0 saturated heterocycles. The highest BCUT2D eigenvalue weighted by atomic mass is 16.6. The number of rotatable bonds is 4. The van der Waals surface area contributed by atoms with Crippen molar-refractivity contribution in [3.8, 4) is 0 Å². The first-order valence-corrected chi connectivity index (χ1v) is 7.32. The van der Waals surface area contributed by atoms with Gasteiger partial charge < -0.3 is 20.5 Å². The molecule has 0 bridgehead atoms. The summed E-state index contributed by atoms with van der Waals surface area (Å²) in [4.78, 5) is 22.5. The number of carbonyl (C=O) groups is 2. The fraction of sp³-hybridized carbons (Fsp3) is 0.500. The zero-order chi connectivity index (χ0) is 16.3. The van der Waals surface area contributed by atoms with Crippen LogP contribution < -0.4 is 10.6 Å². The monoisotopic (exact) mass is 306 g/mol. The van der Waals surface area contributed by atoms with Crippen molar-refractivity contribution in [2.24, 2.45) is 0 Å². The third-order valence-electron chi connectivity index (χ3n) is 3.34. The van der Waals surface area contributed by atoms with Crippen molar-refractivity contribution in [2.75, 3.05) is 5.32 Å². The van der Waals surface area contributed by atoms with E-state index < -0.39 is 17.7 Å². The van der Waals surface area contributed by atoms with Crippen LogP contribution in [0.4, 0.5) is 10.5 Å². The molecule has 1 aliphatic carbocycles. The van der Waals surface area contributed by atoms with E-state index in [4.69, 9.17) is 9.84 Å². The maximum absolute atomic E-state index is 11.6. The molecule has 0 aromatic heterocycles. The molecule has 3 N–H and O–H groups in total. The number of anilines is 1. The van der Waals surface area contributed by atoms with Gasteiger partial charge in [0.1, 0.15) is 5.60 Å². The Hall–Kier alpha value is -2.24. The number of carboxylic acid groups (broad SMARTS) is 1. The van der Waals surface area contributed by atoms with Crippen molar-refractivity contribution >= 4 is 17.7 Å². The number of carbonyl (C=O) groups excluding carboxylic acids is 1. The van der Waals surface area contributed by atoms with Gasteiger partial charge in [0, 0.05) is 17.8 Å². The van der Waals surface area contributed by atoms with Gasteiger partial charge in [0.25, 0.3) is 0 Å². The van der Waals surface area contributed by atoms with Gasteiger partial charge in [-0.15, -0.1) is 0 Å². The smallest absolute Gasteiger partial charge is 0.407 e. The summed E-state index contributed by atoms with van der Waals surface area (Å²) in [5.41, 5.74) is 0.538. The molecule has 0 spiro atoms. The Morgan fingerprint density at radius 3 is 2.50 bits per heavy atom. The minimum Gasteiger partial charge on any atom is -0.478 e. The fourth-order valence-electron chi connectivity index (χ4n) is 2.31. The summed E-state index contributed by atoms with van der Waals surface area (Å²) in [6.07, 6.45) is 1.18. The van der Waals surface area contributed by atoms with E-state index in [9.17, 15) is 9.59 Å². The van der Waals surface area contributed by atoms with Crippen LogP contribution >= 0.6 is 0 Å². The maximum atomic E-state index is 11.6. The summed E-state index contributed by atoms with van der Waals surface area (Å²) in [5.74, 6) is -0.943. The lowest BCUT2D eigenvalue weighted by molar-refractivity contribution is 0.0475. The predicted octanol–water partition coefficient (Wildman–Crippen LogP) is 2.85. The van der Waals surface area contributed by atoms with E-state index in [0.29, 0.717) is 0 Å². The maximum Gasteiger partial charge on any atom is 0.407 e. The van der Waals surface area contributed by atoms with Crippen LogP contribution in [0.15, 0.2) is 24.3 Å². The number of hydrogen-bond acceptors (Lipinski definition) is 4. The first kappa shape index (κ1) is 16.1. The summed E-state index contributed by atoms with van der Waals surface area (Å²) in [6.45, 7) is 5.48. The quantitative estimate of drug-likeness (QED) is 0.796. The first-order chi connectivity index (χ1) is 10.2. The van der Waals surface area contributed by atoms with Crippen molar-refractivity contribution in [2.45, 2.75) is 51.3 Å². The molecule has 0 heterocycles. The highest BCUT2D eigenvalue weighted by Crippen LogP contribution is 2.25. The number of carboxylic acids is 1. The molecule has 1 amide bonds. The van der Waals surface area contributed by atoms with Crippen LogP contribution in [0.25, 0.3) is 0 Å². The largest absolute Gasteiger partial charge is 0.478 e. The summed E-state index contributed by atoms with van der Waals surface area (Å²) in [6, 6.07) is 7.03. The van der Waals surface area contributed by atoms with Crippen LogP contribution in [0.1, 0.15) is 44.0 Å². The summed E-state index contributed by atoms with van der Waals surface area (Å²) < 4.78 is 5.20. The third kappa shape index (κ3) is 4.65. The third-order valence-corrected chi connectivity index (χ3v) is 3.34. The minimum atomic E-state index is -0.943. The number of ether oxygens (including phenoxy) is 1. The SMILES string of the molecule is CC(C)(C)OC(=O)NC1CC(Nc2cccc(C(=O)O)c2)C1. The Kier molecular flexibility index (Phi) is 4.59. The molecule has 0 radical (unpaired) electrons. The van der Waals surface area contributed by atoms with Gasteiger partial charge in [0.2, 0.25) is 0 Å². The van der Waals surface area contributed by atoms with E-state index in [1.165, 1.54) is 0 Å². The van der Waals surface area contributed by atoms with Crippen LogP contribution in [0.3, 0.4) is 0 Å². The zero-order valence-corrected chi connectivity index (χ0v) is 13.1. The van der Waals surface area contributed by atoms with Gasteiger partial charge in [-0.25, -0.2) is 9.59 Å². The molecule has 22 heavy (non-hydrogen) atoms. The van der Waals surface area contributed by atoms with Crippen LogP contribution in [0.2, 0.25) is 0 Å². The van der Waals surface area contributed by atoms with Crippen molar-refractivity contribution in [1.29, 1.82) is 0 Å². The normalized spacial score (nSPS) is 20.7. The average Bonchev–Trinajstić information content (AvgIpc) is 2.34. The summed E-state index contributed by atoms with van der Waals surface area (Å²) in [5, 5.41) is 15.1. The highest BCUT2D eigenvalue weighted by Gasteiger charge is 2.31. The van der Waals surface area contributed by atoms with Gasteiger partial charge in [-0.1, -0.05) is 6.07 Å². The van der Waals surface area contributed by atoms with Crippen molar-refractivity contribution in [3.63, 3.8) is 0 Å². The molecule has 0 atom stereocenters. The van der Waals surface area contributed by atoms with Crippen LogP contribution in [-0.2, 0) is 4.74 Å². The van der Waals surface area contributed by atoms with Crippen LogP contribution in [0, 0.1) is 0 Å². The van der Waals surface area contributed by atoms with Gasteiger partial charge in [-0.05, 0) is 51.8 Å². The van der Waals surface area contributed by atoms with E-state index >= 15 is 0 Å². The van der Waals surface area contributed by atoms with Crippen molar-refractivity contribution in [3.05, 3.63) is 29.8 Å². The lowest BCUT2D eigenvalue weighted by Crippen LogP contribution is -2.50. The Bertz CT molecular complexity index is 560. The minimum absolute atomic E-state index is 0.0926. The van der Waals surface area contributed by atoms with E-state index in [1.807, 2.05) is 26.8 Å². The highest BCUT2D eigenvalue weighted by molar-refractivity contribution is 5.88. The second-order valence-electron chi connectivity index (χ2n) is 6.54. The standard InChI is InChI=1S/C16H22N2O4/c1-16(2,3)22-15(21)18-13-8-12(9-13)17-11-6-4-5-10(7-11)14(19)20/h4-7,12-13,17H,8-9H2,1-3H3,(H,18,21)(H,19,20). The zero-order valence-electron chi connectivity index (χ0n) is 13.1. The van der Waals surface area contributed by atoms with Crippen molar-refractivity contribution < 1.29 is 19.4 Å². The molecule has 0 aliphatic heterocycles. The molecule has 120 valence electrons. The predicted molar refractivity (Wildman–Crippen MR) is 83.2 cm³/mol. The molecule has 0 unspecified atom stereocenters. The van der Waals surface area contributed by atoms with E-state index in [2.05, 4.69) is 10.6 Å². The summed E-state index contributed by atoms with van der Waals surface area (Å²) >= 11 is 0. The van der Waals surface area contributed by atoms with Gasteiger partial charge in [-0.3, -0.25) is 0 Å². The number of aromatic carboxylic acids is 1. The number of hydrogen-bond donors (Lipinski definition) is 3. The van der Waals surface area contributed by atoms with Crippen molar-refractivity contribution in [1.82, 2.24) is 5.32 Å². The Balaban J connectivity index is 1.77. The number of benzene rings is 1. The molecular weight excluding hydrogens is 284 g/mol.